The van der Waals surface area contributed by atoms with Crippen molar-refractivity contribution in [2.24, 2.45) is 0 Å². The predicted octanol–water partition coefficient (Wildman–Crippen LogP) is 4.75. The largest absolute Gasteiger partial charge is 0.443 e. The molecule has 6 nitrogen and oxygen atoms in total. The number of nitrogens with zero attached hydrogens (tertiary/aromatic N) is 2. The average Bonchev–Trinajstić information content (AvgIpc) is 2.72. The van der Waals surface area contributed by atoms with E-state index in [1.165, 1.54) is 42.5 Å². The molecule has 1 amide bonds. The zero-order valence-corrected chi connectivity index (χ0v) is 17.3. The summed E-state index contributed by atoms with van der Waals surface area (Å²) in [5, 5.41) is 19.3. The van der Waals surface area contributed by atoms with Gasteiger partial charge in [0.15, 0.2) is 6.10 Å². The Labute approximate surface area is 179 Å². The number of ether oxygens (including phenoxy) is 1. The van der Waals surface area contributed by atoms with Crippen LogP contribution in [0.2, 0.25) is 0 Å². The average molecular weight is 428 g/mol. The molecule has 0 saturated carbocycles. The quantitative estimate of drug-likeness (QED) is 0.671. The van der Waals surface area contributed by atoms with Crippen molar-refractivity contribution in [2.75, 3.05) is 4.90 Å². The van der Waals surface area contributed by atoms with Crippen LogP contribution in [0, 0.1) is 11.3 Å². The fraction of sp³-hybridized carbons (Fsp3) is 0.261. The fourth-order valence-electron chi connectivity index (χ4n) is 2.56. The molecular weight excluding hydrogens is 406 g/mol. The first-order chi connectivity index (χ1) is 14.5. The van der Waals surface area contributed by atoms with Crippen molar-refractivity contribution in [2.45, 2.75) is 38.4 Å². The van der Waals surface area contributed by atoms with Crippen LogP contribution in [-0.4, -0.2) is 28.5 Å². The van der Waals surface area contributed by atoms with Crippen LogP contribution in [0.15, 0.2) is 66.9 Å². The Kier molecular flexibility index (Phi) is 7.26. The molecule has 162 valence electrons. The third-order valence-electron chi connectivity index (χ3n) is 4.04. The minimum Gasteiger partial charge on any atom is -0.443 e. The minimum absolute atomic E-state index is 0.0511. The summed E-state index contributed by atoms with van der Waals surface area (Å²) in [7, 11) is 0. The van der Waals surface area contributed by atoms with Gasteiger partial charge >= 0.3 is 12.0 Å². The van der Waals surface area contributed by atoms with E-state index in [4.69, 9.17) is 4.74 Å². The van der Waals surface area contributed by atoms with E-state index in [2.05, 4.69) is 0 Å². The first-order valence-electron chi connectivity index (χ1n) is 9.32. The third kappa shape index (κ3) is 5.96. The molecule has 2 rings (SSSR count). The highest BCUT2D eigenvalue weighted by atomic mass is 19.3. The van der Waals surface area contributed by atoms with Crippen LogP contribution in [0.3, 0.4) is 0 Å². The molecule has 8 heteroatoms. The maximum absolute atomic E-state index is 14.5. The van der Waals surface area contributed by atoms with Gasteiger partial charge in [-0.05, 0) is 38.5 Å². The summed E-state index contributed by atoms with van der Waals surface area (Å²) in [5.41, 5.74) is -0.924. The maximum atomic E-state index is 14.5. The molecule has 31 heavy (non-hydrogen) atoms. The lowest BCUT2D eigenvalue weighted by molar-refractivity contribution is -0.156. The van der Waals surface area contributed by atoms with Crippen LogP contribution in [0.25, 0.3) is 0 Å². The summed E-state index contributed by atoms with van der Waals surface area (Å²) in [6.45, 7) is 4.83. The number of alkyl halides is 2. The second kappa shape index (κ2) is 9.49. The van der Waals surface area contributed by atoms with Crippen LogP contribution in [-0.2, 0) is 9.53 Å². The van der Waals surface area contributed by atoms with Gasteiger partial charge in [-0.25, -0.2) is 4.79 Å². The van der Waals surface area contributed by atoms with E-state index in [9.17, 15) is 28.7 Å². The van der Waals surface area contributed by atoms with Crippen molar-refractivity contribution >= 4 is 17.6 Å². The number of allylic oxidation sites excluding steroid dienone is 1. The second-order valence-electron chi connectivity index (χ2n) is 7.60. The summed E-state index contributed by atoms with van der Waals surface area (Å²) >= 11 is 0. The smallest absolute Gasteiger partial charge is 0.419 e. The fourth-order valence-corrected chi connectivity index (χ4v) is 2.56. The van der Waals surface area contributed by atoms with Crippen LogP contribution in [0.1, 0.15) is 38.0 Å². The number of carbonyl (C=O) groups excluding carboxylic acids is 2. The topological polar surface area (TPSA) is 90.6 Å². The molecule has 0 aromatic heterocycles. The van der Waals surface area contributed by atoms with Crippen molar-refractivity contribution in [3.05, 3.63) is 78.0 Å². The maximum Gasteiger partial charge on any atom is 0.419 e. The van der Waals surface area contributed by atoms with Crippen molar-refractivity contribution < 1.29 is 28.2 Å². The van der Waals surface area contributed by atoms with Gasteiger partial charge in [0.1, 0.15) is 11.7 Å². The normalized spacial score (nSPS) is 12.8. The highest BCUT2D eigenvalue weighted by Gasteiger charge is 2.45. The number of rotatable bonds is 6. The third-order valence-corrected chi connectivity index (χ3v) is 4.04. The first kappa shape index (κ1) is 23.7. The van der Waals surface area contributed by atoms with E-state index in [0.717, 1.165) is 11.1 Å². The lowest BCUT2D eigenvalue weighted by Crippen LogP contribution is -2.36. The van der Waals surface area contributed by atoms with Crippen LogP contribution in [0.4, 0.5) is 19.3 Å². The second-order valence-corrected chi connectivity index (χ2v) is 7.60. The summed E-state index contributed by atoms with van der Waals surface area (Å²) in [6.07, 6.45) is -2.05. The molecule has 0 aliphatic heterocycles. The van der Waals surface area contributed by atoms with Crippen molar-refractivity contribution in [3.8, 4) is 6.07 Å². The summed E-state index contributed by atoms with van der Waals surface area (Å²) < 4.78 is 34.3. The molecule has 0 bridgehead atoms. The highest BCUT2D eigenvalue weighted by Crippen LogP contribution is 2.33. The first-order valence-corrected chi connectivity index (χ1v) is 9.32. The molecule has 0 aliphatic rings. The monoisotopic (exact) mass is 428 g/mol. The number of benzene rings is 2. The van der Waals surface area contributed by atoms with Crippen molar-refractivity contribution in [3.63, 3.8) is 0 Å². The molecule has 0 aliphatic carbocycles. The van der Waals surface area contributed by atoms with Gasteiger partial charge in [0.05, 0.1) is 11.3 Å². The molecule has 1 unspecified atom stereocenters. The zero-order valence-electron chi connectivity index (χ0n) is 17.3. The van der Waals surface area contributed by atoms with Crippen molar-refractivity contribution in [1.29, 1.82) is 5.26 Å². The van der Waals surface area contributed by atoms with Crippen LogP contribution >= 0.6 is 0 Å². The number of amides is 1. The Morgan fingerprint density at radius 3 is 2.26 bits per heavy atom. The van der Waals surface area contributed by atoms with Crippen LogP contribution in [0.5, 0.6) is 0 Å². The van der Waals surface area contributed by atoms with E-state index in [-0.39, 0.29) is 16.8 Å². The number of hydrogen-bond donors (Lipinski definition) is 1. The predicted molar refractivity (Wildman–Crippen MR) is 110 cm³/mol. The molecule has 1 N–H and O–H groups in total. The van der Waals surface area contributed by atoms with Crippen molar-refractivity contribution in [1.82, 2.24) is 0 Å². The van der Waals surface area contributed by atoms with Gasteiger partial charge in [-0.2, -0.15) is 14.0 Å². The molecule has 0 heterocycles. The molecule has 2 aromatic carbocycles. The molecule has 2 aromatic rings. The van der Waals surface area contributed by atoms with E-state index in [1.54, 1.807) is 32.9 Å². The van der Waals surface area contributed by atoms with E-state index in [0.29, 0.717) is 6.08 Å². The van der Waals surface area contributed by atoms with Gasteiger partial charge in [0.25, 0.3) is 0 Å². The molecule has 0 spiro atoms. The molecular formula is C23H22F2N2O4. The van der Waals surface area contributed by atoms with Gasteiger partial charge < -0.3 is 9.84 Å². The number of halogens is 2. The Balaban J connectivity index is 2.38. The van der Waals surface area contributed by atoms with E-state index < -0.39 is 29.5 Å². The highest BCUT2D eigenvalue weighted by molar-refractivity contribution is 5.99. The standard InChI is InChI=1S/C23H22F2N2O4/c1-22(2,3)31-21(30)27(18-12-8-7-11-17(18)15-26)14-13-19(28)23(24,25)20(29)16-9-5-4-6-10-16/h4-14,20,29H,1-3H3/b14-13+. The summed E-state index contributed by atoms with van der Waals surface area (Å²) in [5.74, 6) is -5.86. The Morgan fingerprint density at radius 1 is 1.10 bits per heavy atom. The number of para-hydroxylation sites is 1. The number of hydrogen-bond acceptors (Lipinski definition) is 5. The Hall–Kier alpha value is -3.57. The number of ketones is 1. The molecule has 0 radical (unpaired) electrons. The van der Waals surface area contributed by atoms with Crippen LogP contribution < -0.4 is 4.90 Å². The number of anilines is 1. The number of aliphatic hydroxyl groups is 1. The Morgan fingerprint density at radius 2 is 1.68 bits per heavy atom. The Bertz CT molecular complexity index is 1010. The molecule has 0 saturated heterocycles. The van der Waals surface area contributed by atoms with Gasteiger partial charge in [0, 0.05) is 12.3 Å². The SMILES string of the molecule is CC(C)(C)OC(=O)N(/C=C/C(=O)C(F)(F)C(O)c1ccccc1)c1ccccc1C#N. The lowest BCUT2D eigenvalue weighted by Gasteiger charge is -2.26. The zero-order chi connectivity index (χ0) is 23.2. The lowest BCUT2D eigenvalue weighted by atomic mass is 10.0. The number of carbonyl (C=O) groups is 2. The minimum atomic E-state index is -4.15. The van der Waals surface area contributed by atoms with Gasteiger partial charge in [0.2, 0.25) is 5.78 Å². The molecule has 0 fully saturated rings. The number of nitriles is 1. The van der Waals surface area contributed by atoms with E-state index >= 15 is 0 Å². The van der Waals surface area contributed by atoms with Gasteiger partial charge in [-0.15, -0.1) is 0 Å². The molecule has 1 atom stereocenters. The number of aliphatic hydroxyl groups excluding tert-OH is 1. The van der Waals surface area contributed by atoms with E-state index in [1.807, 2.05) is 6.07 Å². The summed E-state index contributed by atoms with van der Waals surface area (Å²) in [4.78, 5) is 25.7. The summed E-state index contributed by atoms with van der Waals surface area (Å²) in [6, 6.07) is 14.9. The van der Waals surface area contributed by atoms with Gasteiger partial charge in [-0.1, -0.05) is 42.5 Å². The van der Waals surface area contributed by atoms with Gasteiger partial charge in [-0.3, -0.25) is 9.69 Å².